The molecule has 0 amide bonds. The summed E-state index contributed by atoms with van der Waals surface area (Å²) in [5.74, 6) is 0.814. The lowest BCUT2D eigenvalue weighted by Gasteiger charge is -2.07. The van der Waals surface area contributed by atoms with Crippen molar-refractivity contribution in [2.24, 2.45) is 0 Å². The minimum Gasteiger partial charge on any atom is -0.504 e. The molecule has 0 saturated heterocycles. The van der Waals surface area contributed by atoms with Gasteiger partial charge >= 0.3 is 0 Å². The van der Waals surface area contributed by atoms with Crippen LogP contribution in [0.15, 0.2) is 17.5 Å². The first-order valence-electron chi connectivity index (χ1n) is 4.54. The van der Waals surface area contributed by atoms with Crippen LogP contribution in [0.25, 0.3) is 10.1 Å². The Hall–Kier alpha value is -1.22. The van der Waals surface area contributed by atoms with Crippen molar-refractivity contribution in [1.29, 1.82) is 0 Å². The highest BCUT2D eigenvalue weighted by atomic mass is 32.1. The smallest absolute Gasteiger partial charge is 0.169 e. The topological polar surface area (TPSA) is 29.5 Å². The Kier molecular flexibility index (Phi) is 2.33. The van der Waals surface area contributed by atoms with Gasteiger partial charge in [0, 0.05) is 10.1 Å². The second kappa shape index (κ2) is 3.50. The summed E-state index contributed by atoms with van der Waals surface area (Å²) in [7, 11) is 1.58. The summed E-state index contributed by atoms with van der Waals surface area (Å²) in [6.07, 6.45) is 0.925. The molecule has 0 aliphatic heterocycles. The normalized spacial score (nSPS) is 10.7. The molecule has 1 aromatic carbocycles. The predicted molar refractivity (Wildman–Crippen MR) is 59.4 cm³/mol. The van der Waals surface area contributed by atoms with Crippen LogP contribution in [0.4, 0.5) is 0 Å². The van der Waals surface area contributed by atoms with E-state index in [1.807, 2.05) is 11.4 Å². The maximum absolute atomic E-state index is 9.72. The zero-order valence-corrected chi connectivity index (χ0v) is 9.02. The van der Waals surface area contributed by atoms with Gasteiger partial charge in [-0.05, 0) is 29.5 Å². The fraction of sp³-hybridized carbons (Fsp3) is 0.273. The minimum atomic E-state index is 0.232. The highest BCUT2D eigenvalue weighted by molar-refractivity contribution is 7.17. The van der Waals surface area contributed by atoms with E-state index in [1.54, 1.807) is 24.5 Å². The maximum Gasteiger partial charge on any atom is 0.169 e. The fourth-order valence-electron chi connectivity index (χ4n) is 1.65. The van der Waals surface area contributed by atoms with Crippen LogP contribution < -0.4 is 4.74 Å². The van der Waals surface area contributed by atoms with Gasteiger partial charge in [0.05, 0.1) is 7.11 Å². The largest absolute Gasteiger partial charge is 0.504 e. The first kappa shape index (κ1) is 9.34. The fourth-order valence-corrected chi connectivity index (χ4v) is 2.63. The Morgan fingerprint density at radius 2 is 2.29 bits per heavy atom. The van der Waals surface area contributed by atoms with Gasteiger partial charge in [-0.25, -0.2) is 0 Å². The van der Waals surface area contributed by atoms with E-state index in [-0.39, 0.29) is 5.75 Å². The quantitative estimate of drug-likeness (QED) is 0.821. The van der Waals surface area contributed by atoms with E-state index in [0.29, 0.717) is 5.75 Å². The van der Waals surface area contributed by atoms with Gasteiger partial charge in [0.1, 0.15) is 0 Å². The van der Waals surface area contributed by atoms with Gasteiger partial charge in [-0.1, -0.05) is 6.92 Å². The van der Waals surface area contributed by atoms with Crippen molar-refractivity contribution in [2.75, 3.05) is 7.11 Å². The molecule has 0 radical (unpaired) electrons. The van der Waals surface area contributed by atoms with Crippen LogP contribution in [0.2, 0.25) is 0 Å². The lowest BCUT2D eigenvalue weighted by Crippen LogP contribution is -1.87. The first-order valence-corrected chi connectivity index (χ1v) is 5.42. The van der Waals surface area contributed by atoms with Crippen LogP contribution in [0.1, 0.15) is 12.5 Å². The molecule has 3 heteroatoms. The Balaban J connectivity index is 2.81. The Labute approximate surface area is 86.8 Å². The van der Waals surface area contributed by atoms with Gasteiger partial charge in [-0.15, -0.1) is 11.3 Å². The number of fused-ring (bicyclic) bond motifs is 1. The number of aromatic hydroxyl groups is 1. The third-order valence-electron chi connectivity index (χ3n) is 2.33. The van der Waals surface area contributed by atoms with E-state index in [2.05, 4.69) is 6.92 Å². The van der Waals surface area contributed by atoms with Crippen molar-refractivity contribution in [2.45, 2.75) is 13.3 Å². The predicted octanol–water partition coefficient (Wildman–Crippen LogP) is 3.18. The number of phenols is 1. The summed E-state index contributed by atoms with van der Waals surface area (Å²) < 4.78 is 6.38. The SMILES string of the molecule is CCc1cc(O)c(OC)c2ccsc12. The molecule has 0 aliphatic rings. The number of ether oxygens (including phenoxy) is 1. The van der Waals surface area contributed by atoms with Crippen LogP contribution in [-0.4, -0.2) is 12.2 Å². The molecule has 2 nitrogen and oxygen atoms in total. The zero-order chi connectivity index (χ0) is 10.1. The van der Waals surface area contributed by atoms with Gasteiger partial charge in [-0.2, -0.15) is 0 Å². The van der Waals surface area contributed by atoms with Crippen molar-refractivity contribution >= 4 is 21.4 Å². The lowest BCUT2D eigenvalue weighted by molar-refractivity contribution is 0.378. The van der Waals surface area contributed by atoms with E-state index in [0.717, 1.165) is 11.8 Å². The maximum atomic E-state index is 9.72. The summed E-state index contributed by atoms with van der Waals surface area (Å²) in [4.78, 5) is 0. The number of phenolic OH excluding ortho intramolecular Hbond substituents is 1. The molecule has 2 aromatic rings. The Morgan fingerprint density at radius 3 is 2.93 bits per heavy atom. The lowest BCUT2D eigenvalue weighted by atomic mass is 10.1. The third-order valence-corrected chi connectivity index (χ3v) is 3.32. The number of rotatable bonds is 2. The van der Waals surface area contributed by atoms with E-state index in [9.17, 15) is 5.11 Å². The second-order valence-corrected chi connectivity index (χ2v) is 4.02. The molecule has 0 atom stereocenters. The van der Waals surface area contributed by atoms with Gasteiger partial charge < -0.3 is 9.84 Å². The molecule has 1 aromatic heterocycles. The van der Waals surface area contributed by atoms with Crippen molar-refractivity contribution in [3.05, 3.63) is 23.1 Å². The minimum absolute atomic E-state index is 0.232. The molecule has 74 valence electrons. The molecule has 0 saturated carbocycles. The highest BCUT2D eigenvalue weighted by Crippen LogP contribution is 2.39. The molecule has 0 spiro atoms. The molecular formula is C11H12O2S. The van der Waals surface area contributed by atoms with Crippen molar-refractivity contribution < 1.29 is 9.84 Å². The molecule has 0 aliphatic carbocycles. The Morgan fingerprint density at radius 1 is 1.50 bits per heavy atom. The number of thiophene rings is 1. The van der Waals surface area contributed by atoms with Crippen LogP contribution in [-0.2, 0) is 6.42 Å². The Bertz CT molecular complexity index is 460. The van der Waals surface area contributed by atoms with Crippen LogP contribution in [0.5, 0.6) is 11.5 Å². The van der Waals surface area contributed by atoms with E-state index >= 15 is 0 Å². The molecule has 0 bridgehead atoms. The molecule has 2 rings (SSSR count). The molecule has 0 unspecified atom stereocenters. The van der Waals surface area contributed by atoms with Crippen molar-refractivity contribution in [3.8, 4) is 11.5 Å². The molecule has 1 N–H and O–H groups in total. The van der Waals surface area contributed by atoms with Gasteiger partial charge in [0.25, 0.3) is 0 Å². The van der Waals surface area contributed by atoms with Gasteiger partial charge in [-0.3, -0.25) is 0 Å². The van der Waals surface area contributed by atoms with Crippen molar-refractivity contribution in [3.63, 3.8) is 0 Å². The molecular weight excluding hydrogens is 196 g/mol. The number of hydrogen-bond donors (Lipinski definition) is 1. The van der Waals surface area contributed by atoms with Crippen LogP contribution >= 0.6 is 11.3 Å². The summed E-state index contributed by atoms with van der Waals surface area (Å²) in [5.41, 5.74) is 1.17. The highest BCUT2D eigenvalue weighted by Gasteiger charge is 2.11. The number of hydrogen-bond acceptors (Lipinski definition) is 3. The molecule has 14 heavy (non-hydrogen) atoms. The summed E-state index contributed by atoms with van der Waals surface area (Å²) in [5, 5.41) is 12.7. The standard InChI is InChI=1S/C11H12O2S/c1-3-7-6-9(12)10(13-2)8-4-5-14-11(7)8/h4-6,12H,3H2,1-2H3. The number of methoxy groups -OCH3 is 1. The van der Waals surface area contributed by atoms with Crippen LogP contribution in [0, 0.1) is 0 Å². The summed E-state index contributed by atoms with van der Waals surface area (Å²) in [6, 6.07) is 3.77. The zero-order valence-electron chi connectivity index (χ0n) is 8.20. The number of benzene rings is 1. The monoisotopic (exact) mass is 208 g/mol. The van der Waals surface area contributed by atoms with Crippen molar-refractivity contribution in [1.82, 2.24) is 0 Å². The molecule has 1 heterocycles. The average molecular weight is 208 g/mol. The average Bonchev–Trinajstić information content (AvgIpc) is 2.65. The number of aryl methyl sites for hydroxylation is 1. The van der Waals surface area contributed by atoms with E-state index in [4.69, 9.17) is 4.74 Å². The van der Waals surface area contributed by atoms with Gasteiger partial charge in [0.15, 0.2) is 11.5 Å². The first-order chi connectivity index (χ1) is 6.77. The summed E-state index contributed by atoms with van der Waals surface area (Å²) >= 11 is 1.69. The van der Waals surface area contributed by atoms with E-state index in [1.165, 1.54) is 10.3 Å². The second-order valence-electron chi connectivity index (χ2n) is 3.11. The third kappa shape index (κ3) is 1.24. The molecule has 0 fully saturated rings. The van der Waals surface area contributed by atoms with E-state index < -0.39 is 0 Å². The van der Waals surface area contributed by atoms with Gasteiger partial charge in [0.2, 0.25) is 0 Å². The summed E-state index contributed by atoms with van der Waals surface area (Å²) in [6.45, 7) is 2.08. The van der Waals surface area contributed by atoms with Crippen LogP contribution in [0.3, 0.4) is 0 Å².